The van der Waals surface area contributed by atoms with Gasteiger partial charge in [-0.3, -0.25) is 14.8 Å². The fourth-order valence-corrected chi connectivity index (χ4v) is 8.69. The maximum Gasteiger partial charge on any atom is 0.394 e. The van der Waals surface area contributed by atoms with Gasteiger partial charge in [-0.2, -0.15) is 13.2 Å². The molecule has 3 aliphatic rings. The Bertz CT molecular complexity index is 1820. The molecule has 3 fully saturated rings. The highest BCUT2D eigenvalue weighted by Gasteiger charge is 2.45. The maximum atomic E-state index is 13.0. The Kier molecular flexibility index (Phi) is 9.37. The second-order valence-electron chi connectivity index (χ2n) is 14.2. The molecule has 2 atom stereocenters. The van der Waals surface area contributed by atoms with Crippen molar-refractivity contribution in [3.05, 3.63) is 59.3 Å². The monoisotopic (exact) mass is 695 g/mol. The van der Waals surface area contributed by atoms with Gasteiger partial charge in [-0.1, -0.05) is 6.07 Å². The molecule has 1 spiro atoms. The second kappa shape index (κ2) is 13.4. The molecule has 14 heteroatoms. The summed E-state index contributed by atoms with van der Waals surface area (Å²) in [5, 5.41) is 9.98. The van der Waals surface area contributed by atoms with Crippen molar-refractivity contribution in [2.45, 2.75) is 58.4 Å². The fourth-order valence-electron chi connectivity index (χ4n) is 8.02. The molecule has 0 amide bonds. The van der Waals surface area contributed by atoms with Crippen LogP contribution < -0.4 is 4.90 Å². The Hall–Kier alpha value is -3.30. The van der Waals surface area contributed by atoms with Crippen LogP contribution in [-0.4, -0.2) is 115 Å². The number of alkyl halides is 3. The average Bonchev–Trinajstić information content (AvgIpc) is 3.42. The van der Waals surface area contributed by atoms with Crippen molar-refractivity contribution in [2.24, 2.45) is 5.41 Å². The predicted molar refractivity (Wildman–Crippen MR) is 187 cm³/mol. The van der Waals surface area contributed by atoms with E-state index in [9.17, 15) is 17.7 Å². The molecule has 0 aliphatic carbocycles. The van der Waals surface area contributed by atoms with Crippen LogP contribution in [0.15, 0.2) is 36.8 Å². The molecule has 0 bridgehead atoms. The first-order valence-corrected chi connectivity index (χ1v) is 18.5. The highest BCUT2D eigenvalue weighted by atomic mass is 32.2. The number of likely N-dealkylation sites (tertiary alicyclic amines) is 1. The summed E-state index contributed by atoms with van der Waals surface area (Å²) in [6.45, 7) is 13.1. The highest BCUT2D eigenvalue weighted by molar-refractivity contribution is 7.88. The molecule has 49 heavy (non-hydrogen) atoms. The molecule has 1 N–H and O–H groups in total. The first kappa shape index (κ1) is 34.2. The van der Waals surface area contributed by atoms with Gasteiger partial charge in [0.15, 0.2) is 0 Å². The minimum Gasteiger partial charge on any atom is -0.598 e. The number of anilines is 1. The van der Waals surface area contributed by atoms with Gasteiger partial charge in [0.2, 0.25) is 0 Å². The van der Waals surface area contributed by atoms with Crippen molar-refractivity contribution in [2.75, 3.05) is 63.5 Å². The molecule has 3 saturated heterocycles. The number of aryl methyl sites for hydroxylation is 1. The Morgan fingerprint density at radius 3 is 2.43 bits per heavy atom. The summed E-state index contributed by atoms with van der Waals surface area (Å²) in [5.74, 6) is 0.690. The van der Waals surface area contributed by atoms with Crippen LogP contribution in [0.1, 0.15) is 42.3 Å². The summed E-state index contributed by atoms with van der Waals surface area (Å²) in [5.41, 5.74) is 5.36. The largest absolute Gasteiger partial charge is 0.598 e. The topological polar surface area (TPSA) is 103 Å². The minimum absolute atomic E-state index is 0.0186. The van der Waals surface area contributed by atoms with Gasteiger partial charge in [0.05, 0.1) is 42.6 Å². The van der Waals surface area contributed by atoms with Crippen molar-refractivity contribution >= 4 is 45.2 Å². The number of nitrogens with zero attached hydrogens (tertiary/aromatic N) is 8. The van der Waals surface area contributed by atoms with Crippen LogP contribution >= 0.6 is 0 Å². The number of hydrogen-bond acceptors (Lipinski definition) is 9. The third-order valence-electron chi connectivity index (χ3n) is 11.0. The summed E-state index contributed by atoms with van der Waals surface area (Å²) in [6.07, 6.45) is 2.81. The SMILES string of the molecule is Cc1c(CN2CCC3(CC2)CN(c2ncnc4cnc(CC(F)(F)F)cc24)C3)ccc2c1cc(C=N)n2CC(C)N1CCN([S+](C)[O-])CC1. The van der Waals surface area contributed by atoms with Crippen LogP contribution in [0.2, 0.25) is 0 Å². The summed E-state index contributed by atoms with van der Waals surface area (Å²) < 4.78 is 55.3. The Morgan fingerprint density at radius 1 is 1.02 bits per heavy atom. The summed E-state index contributed by atoms with van der Waals surface area (Å²) in [4.78, 5) is 19.8. The first-order valence-electron chi connectivity index (χ1n) is 17.0. The quantitative estimate of drug-likeness (QED) is 0.197. The van der Waals surface area contributed by atoms with Gasteiger partial charge in [0, 0.05) is 84.6 Å². The zero-order chi connectivity index (χ0) is 34.5. The number of halogens is 3. The third-order valence-corrected chi connectivity index (χ3v) is 12.0. The lowest BCUT2D eigenvalue weighted by molar-refractivity contribution is -0.127. The van der Waals surface area contributed by atoms with E-state index in [0.717, 1.165) is 89.5 Å². The number of aromatic nitrogens is 4. The van der Waals surface area contributed by atoms with Gasteiger partial charge in [0.25, 0.3) is 0 Å². The molecule has 0 saturated carbocycles. The maximum absolute atomic E-state index is 13.0. The van der Waals surface area contributed by atoms with Crippen LogP contribution in [0.3, 0.4) is 0 Å². The lowest BCUT2D eigenvalue weighted by Crippen LogP contribution is -2.60. The molecular formula is C35H44F3N9OS. The normalized spacial score (nSPS) is 20.6. The smallest absolute Gasteiger partial charge is 0.394 e. The summed E-state index contributed by atoms with van der Waals surface area (Å²) >= 11 is -0.928. The van der Waals surface area contributed by atoms with E-state index in [1.807, 2.05) is 4.31 Å². The van der Waals surface area contributed by atoms with Crippen molar-refractivity contribution in [3.63, 3.8) is 0 Å². The standard InChI is InChI=1S/C35H44F3N9OS/c1-24(44-10-12-46(13-11-44)49(3)48)19-47-28(17-39)15-29-25(2)26(4-5-32(29)47)20-43-8-6-34(7-9-43)21-45(22-34)33-30-14-27(16-35(36,37)38)40-18-31(30)41-23-42-33/h4-5,14-15,17-18,23-24,39H,6-13,16,19-22H2,1-3H3. The number of rotatable bonds is 9. The van der Waals surface area contributed by atoms with E-state index in [2.05, 4.69) is 66.3 Å². The number of piperazine rings is 1. The van der Waals surface area contributed by atoms with Gasteiger partial charge < -0.3 is 19.4 Å². The van der Waals surface area contributed by atoms with Gasteiger partial charge in [-0.05, 0) is 69.1 Å². The molecule has 2 unspecified atom stereocenters. The third kappa shape index (κ3) is 7.03. The molecule has 3 aromatic heterocycles. The van der Waals surface area contributed by atoms with Crippen LogP contribution in [0.4, 0.5) is 19.0 Å². The van der Waals surface area contributed by atoms with E-state index in [4.69, 9.17) is 5.41 Å². The average molecular weight is 696 g/mol. The van der Waals surface area contributed by atoms with Crippen molar-refractivity contribution in [1.82, 2.24) is 33.6 Å². The van der Waals surface area contributed by atoms with Gasteiger partial charge in [-0.15, -0.1) is 4.31 Å². The van der Waals surface area contributed by atoms with E-state index in [1.54, 1.807) is 6.26 Å². The number of hydrogen-bond donors (Lipinski definition) is 1. The van der Waals surface area contributed by atoms with Crippen molar-refractivity contribution in [1.29, 1.82) is 5.41 Å². The Labute approximate surface area is 288 Å². The zero-order valence-corrected chi connectivity index (χ0v) is 29.2. The summed E-state index contributed by atoms with van der Waals surface area (Å²) in [6, 6.07) is 8.40. The van der Waals surface area contributed by atoms with E-state index in [-0.39, 0.29) is 11.1 Å². The number of piperidine rings is 1. The molecule has 6 heterocycles. The van der Waals surface area contributed by atoms with Crippen LogP contribution in [0, 0.1) is 17.7 Å². The molecule has 10 nitrogen and oxygen atoms in total. The molecule has 7 rings (SSSR count). The van der Waals surface area contributed by atoms with Gasteiger partial charge in [-0.25, -0.2) is 9.97 Å². The van der Waals surface area contributed by atoms with Gasteiger partial charge in [0.1, 0.15) is 18.4 Å². The predicted octanol–water partition coefficient (Wildman–Crippen LogP) is 4.79. The number of nitrogens with one attached hydrogen (secondary N) is 1. The lowest BCUT2D eigenvalue weighted by atomic mass is 9.72. The van der Waals surface area contributed by atoms with E-state index in [0.29, 0.717) is 22.8 Å². The lowest BCUT2D eigenvalue weighted by Gasteiger charge is -2.54. The molecule has 262 valence electrons. The number of benzene rings is 1. The molecule has 1 aromatic carbocycles. The number of fused-ring (bicyclic) bond motifs is 2. The van der Waals surface area contributed by atoms with Crippen molar-refractivity contribution < 1.29 is 17.7 Å². The minimum atomic E-state index is -4.32. The first-order chi connectivity index (χ1) is 23.4. The van der Waals surface area contributed by atoms with E-state index < -0.39 is 24.0 Å². The molecular weight excluding hydrogens is 652 g/mol. The second-order valence-corrected chi connectivity index (χ2v) is 15.5. The highest BCUT2D eigenvalue weighted by Crippen LogP contribution is 2.44. The Morgan fingerprint density at radius 2 is 1.76 bits per heavy atom. The fraction of sp³-hybridized carbons (Fsp3) is 0.543. The van der Waals surface area contributed by atoms with Crippen LogP contribution in [0.5, 0.6) is 0 Å². The molecule has 0 radical (unpaired) electrons. The molecule has 3 aliphatic heterocycles. The number of pyridine rings is 1. The zero-order valence-electron chi connectivity index (χ0n) is 28.3. The van der Waals surface area contributed by atoms with E-state index >= 15 is 0 Å². The van der Waals surface area contributed by atoms with Crippen molar-refractivity contribution in [3.8, 4) is 0 Å². The van der Waals surface area contributed by atoms with Crippen LogP contribution in [0.25, 0.3) is 21.8 Å². The Balaban J connectivity index is 0.981. The summed E-state index contributed by atoms with van der Waals surface area (Å²) in [7, 11) is 0. The van der Waals surface area contributed by atoms with Gasteiger partial charge >= 0.3 is 6.18 Å². The van der Waals surface area contributed by atoms with Crippen LogP contribution in [-0.2, 0) is 30.9 Å². The molecule has 4 aromatic rings. The van der Waals surface area contributed by atoms with E-state index in [1.165, 1.54) is 41.3 Å².